The lowest BCUT2D eigenvalue weighted by Crippen LogP contribution is -2.23. The van der Waals surface area contributed by atoms with Crippen LogP contribution in [0.25, 0.3) is 11.1 Å². The maximum absolute atomic E-state index is 13.2. The highest BCUT2D eigenvalue weighted by Crippen LogP contribution is 2.30. The summed E-state index contributed by atoms with van der Waals surface area (Å²) in [6, 6.07) is 3.41. The second-order valence-electron chi connectivity index (χ2n) is 7.60. The third kappa shape index (κ3) is 4.95. The van der Waals surface area contributed by atoms with Crippen LogP contribution in [0.1, 0.15) is 24.0 Å². The van der Waals surface area contributed by atoms with Crippen molar-refractivity contribution in [3.8, 4) is 5.88 Å². The third-order valence-corrected chi connectivity index (χ3v) is 6.78. The molecule has 9 heteroatoms. The molecule has 2 aromatic heterocycles. The number of ether oxygens (including phenoxy) is 2. The summed E-state index contributed by atoms with van der Waals surface area (Å²) in [5, 5.41) is 0. The molecule has 4 heterocycles. The van der Waals surface area contributed by atoms with Crippen LogP contribution >= 0.6 is 0 Å². The van der Waals surface area contributed by atoms with Gasteiger partial charge in [-0.2, -0.15) is 0 Å². The molecule has 1 N–H and O–H groups in total. The molecule has 164 valence electrons. The molecule has 31 heavy (non-hydrogen) atoms. The molecule has 0 amide bonds. The van der Waals surface area contributed by atoms with E-state index in [2.05, 4.69) is 32.7 Å². The Bertz CT molecular complexity index is 1130. The van der Waals surface area contributed by atoms with Crippen molar-refractivity contribution in [2.24, 2.45) is 0 Å². The first-order valence-corrected chi connectivity index (χ1v) is 11.6. The number of likely N-dealkylation sites (N-methyl/N-ethyl adjacent to an activating group) is 1. The van der Waals surface area contributed by atoms with E-state index in [0.717, 1.165) is 36.2 Å². The van der Waals surface area contributed by atoms with Gasteiger partial charge in [0, 0.05) is 25.5 Å². The van der Waals surface area contributed by atoms with E-state index in [9.17, 15) is 8.42 Å². The minimum atomic E-state index is -3.94. The molecule has 0 saturated heterocycles. The predicted molar refractivity (Wildman–Crippen MR) is 119 cm³/mol. The molecule has 0 atom stereocenters. The molecule has 8 nitrogen and oxygen atoms in total. The summed E-state index contributed by atoms with van der Waals surface area (Å²) in [6.45, 7) is 2.92. The number of sulfonamides is 1. The monoisotopic (exact) mass is 442 g/mol. The molecular weight excluding hydrogens is 416 g/mol. The van der Waals surface area contributed by atoms with Gasteiger partial charge in [0.05, 0.1) is 32.2 Å². The summed E-state index contributed by atoms with van der Waals surface area (Å²) >= 11 is 0. The van der Waals surface area contributed by atoms with E-state index in [1.807, 2.05) is 12.1 Å². The van der Waals surface area contributed by atoms with Gasteiger partial charge in [0.15, 0.2) is 0 Å². The molecular formula is C22H26N4O4S. The Morgan fingerprint density at radius 1 is 1.10 bits per heavy atom. The fourth-order valence-electron chi connectivity index (χ4n) is 3.66. The summed E-state index contributed by atoms with van der Waals surface area (Å²) < 4.78 is 39.7. The molecule has 0 spiro atoms. The Labute approximate surface area is 182 Å². The van der Waals surface area contributed by atoms with Crippen molar-refractivity contribution < 1.29 is 17.9 Å². The normalized spacial score (nSPS) is 17.6. The zero-order valence-electron chi connectivity index (χ0n) is 17.7. The maximum Gasteiger partial charge on any atom is 0.267 e. The van der Waals surface area contributed by atoms with Crippen LogP contribution in [0.2, 0.25) is 0 Å². The van der Waals surface area contributed by atoms with E-state index >= 15 is 0 Å². The van der Waals surface area contributed by atoms with Crippen molar-refractivity contribution in [3.05, 3.63) is 54.0 Å². The van der Waals surface area contributed by atoms with E-state index < -0.39 is 10.0 Å². The van der Waals surface area contributed by atoms with E-state index in [4.69, 9.17) is 9.47 Å². The quantitative estimate of drug-likeness (QED) is 0.735. The van der Waals surface area contributed by atoms with Crippen molar-refractivity contribution in [1.29, 1.82) is 0 Å². The minimum absolute atomic E-state index is 0.0104. The summed E-state index contributed by atoms with van der Waals surface area (Å²) in [7, 11) is -0.459. The van der Waals surface area contributed by atoms with Gasteiger partial charge in [-0.15, -0.1) is 0 Å². The number of anilines is 1. The first kappa shape index (κ1) is 21.5. The van der Waals surface area contributed by atoms with E-state index in [-0.39, 0.29) is 10.8 Å². The van der Waals surface area contributed by atoms with Gasteiger partial charge in [-0.25, -0.2) is 13.4 Å². The Balaban J connectivity index is 1.63. The van der Waals surface area contributed by atoms with E-state index in [0.29, 0.717) is 25.3 Å². The highest BCUT2D eigenvalue weighted by molar-refractivity contribution is 7.92. The smallest absolute Gasteiger partial charge is 0.267 e. The Morgan fingerprint density at radius 3 is 2.61 bits per heavy atom. The van der Waals surface area contributed by atoms with Crippen LogP contribution in [-0.2, 0) is 14.8 Å². The summed E-state index contributed by atoms with van der Waals surface area (Å²) in [4.78, 5) is 10.7. The number of aromatic nitrogens is 2. The Morgan fingerprint density at radius 2 is 1.90 bits per heavy atom. The number of methoxy groups -OCH3 is 1. The molecule has 0 saturated carbocycles. The minimum Gasteiger partial charge on any atom is -0.480 e. The fourth-order valence-corrected chi connectivity index (χ4v) is 4.84. The predicted octanol–water partition coefficient (Wildman–Crippen LogP) is 2.81. The van der Waals surface area contributed by atoms with E-state index in [1.54, 1.807) is 18.5 Å². The van der Waals surface area contributed by atoms with Crippen LogP contribution in [0.5, 0.6) is 5.88 Å². The molecule has 0 bridgehead atoms. The number of nitrogens with zero attached hydrogens (tertiary/aromatic N) is 3. The summed E-state index contributed by atoms with van der Waals surface area (Å²) in [6.07, 6.45) is 10.6. The van der Waals surface area contributed by atoms with Crippen molar-refractivity contribution in [2.45, 2.75) is 17.7 Å². The van der Waals surface area contributed by atoms with Crippen molar-refractivity contribution in [3.63, 3.8) is 0 Å². The molecule has 0 aliphatic carbocycles. The van der Waals surface area contributed by atoms with Crippen LogP contribution in [0, 0.1) is 0 Å². The Kier molecular flexibility index (Phi) is 6.35. The van der Waals surface area contributed by atoms with Crippen molar-refractivity contribution >= 4 is 26.9 Å². The molecule has 0 unspecified atom stereocenters. The first-order valence-electron chi connectivity index (χ1n) is 10.1. The van der Waals surface area contributed by atoms with Crippen molar-refractivity contribution in [2.75, 3.05) is 45.2 Å². The van der Waals surface area contributed by atoms with Gasteiger partial charge in [-0.1, -0.05) is 12.2 Å². The highest BCUT2D eigenvalue weighted by Gasteiger charge is 2.23. The van der Waals surface area contributed by atoms with Gasteiger partial charge in [-0.05, 0) is 54.3 Å². The maximum atomic E-state index is 13.2. The molecule has 2 aromatic rings. The lowest BCUT2D eigenvalue weighted by molar-refractivity contribution is 0.161. The second-order valence-corrected chi connectivity index (χ2v) is 9.25. The van der Waals surface area contributed by atoms with Gasteiger partial charge in [0.2, 0.25) is 5.88 Å². The van der Waals surface area contributed by atoms with Crippen LogP contribution in [-0.4, -0.2) is 63.7 Å². The first-order chi connectivity index (χ1) is 15.0. The number of hydrogen-bond donors (Lipinski definition) is 1. The molecule has 2 aliphatic rings. The van der Waals surface area contributed by atoms with Crippen LogP contribution in [0.4, 0.5) is 5.69 Å². The average Bonchev–Trinajstić information content (AvgIpc) is 2.79. The van der Waals surface area contributed by atoms with Gasteiger partial charge in [0.1, 0.15) is 4.90 Å². The fraction of sp³-hybridized carbons (Fsp3) is 0.364. The van der Waals surface area contributed by atoms with Crippen LogP contribution in [0.3, 0.4) is 0 Å². The highest BCUT2D eigenvalue weighted by atomic mass is 32.2. The Hall–Kier alpha value is -2.75. The molecule has 4 rings (SSSR count). The molecule has 2 aliphatic heterocycles. The topological polar surface area (TPSA) is 93.7 Å². The number of hydrogen-bond acceptors (Lipinski definition) is 7. The number of nitrogens with one attached hydrogen (secondary N) is 1. The average molecular weight is 443 g/mol. The third-order valence-electron chi connectivity index (χ3n) is 5.41. The second kappa shape index (κ2) is 9.17. The van der Waals surface area contributed by atoms with Crippen LogP contribution in [0.15, 0.2) is 47.8 Å². The standard InChI is InChI=1S/C22H26N4O4S/c1-26-7-3-16(4-8-26)18-11-20(15-23-13-18)25-31(27,28)21-12-19(14-24-22(21)29-2)17-5-9-30-10-6-17/h3,5,11-15,25H,4,6-10H2,1-2H3. The summed E-state index contributed by atoms with van der Waals surface area (Å²) in [5.74, 6) is 0.0473. The van der Waals surface area contributed by atoms with Gasteiger partial charge in [-0.3, -0.25) is 9.71 Å². The zero-order chi connectivity index (χ0) is 21.8. The lowest BCUT2D eigenvalue weighted by atomic mass is 10.0. The van der Waals surface area contributed by atoms with E-state index in [1.165, 1.54) is 18.9 Å². The number of pyridine rings is 2. The molecule has 0 radical (unpaired) electrons. The van der Waals surface area contributed by atoms with Crippen LogP contribution < -0.4 is 9.46 Å². The van der Waals surface area contributed by atoms with Gasteiger partial charge in [0.25, 0.3) is 10.0 Å². The number of rotatable bonds is 6. The lowest BCUT2D eigenvalue weighted by Gasteiger charge is -2.22. The summed E-state index contributed by atoms with van der Waals surface area (Å²) in [5.41, 5.74) is 4.23. The largest absolute Gasteiger partial charge is 0.480 e. The zero-order valence-corrected chi connectivity index (χ0v) is 18.5. The molecule has 0 fully saturated rings. The van der Waals surface area contributed by atoms with Gasteiger partial charge < -0.3 is 14.4 Å². The van der Waals surface area contributed by atoms with Crippen molar-refractivity contribution in [1.82, 2.24) is 14.9 Å². The van der Waals surface area contributed by atoms with Gasteiger partial charge >= 0.3 is 0 Å². The SMILES string of the molecule is COc1ncc(C2=CCOCC2)cc1S(=O)(=O)Nc1cncc(C2=CCN(C)CC2)c1. The molecule has 0 aromatic carbocycles.